The molecule has 0 aromatic carbocycles. The number of ketones is 1. The third-order valence-corrected chi connectivity index (χ3v) is 3.07. The van der Waals surface area contributed by atoms with Gasteiger partial charge in [-0.15, -0.1) is 0 Å². The molecule has 0 heterocycles. The van der Waals surface area contributed by atoms with Gasteiger partial charge in [0.05, 0.1) is 12.7 Å². The molecular formula is C15H14O3. The fraction of sp³-hybridized carbons (Fsp3) is 0.200. The maximum Gasteiger partial charge on any atom is 0.338 e. The molecule has 0 aromatic rings. The Morgan fingerprint density at radius 3 is 2.06 bits per heavy atom. The standard InChI is InChI=1S/C15H14O3/c1-9-13(10(2)16)11-7-5-4-6-8-12(11)14(9)15(17)18-3/h4-8H,1-3H3. The Hall–Kier alpha value is -2.16. The summed E-state index contributed by atoms with van der Waals surface area (Å²) in [5.74, 6) is -0.449. The molecule has 0 radical (unpaired) electrons. The van der Waals surface area contributed by atoms with Crippen molar-refractivity contribution in [2.45, 2.75) is 13.8 Å². The Balaban J connectivity index is 2.85. The van der Waals surface area contributed by atoms with Crippen LogP contribution >= 0.6 is 0 Å². The normalized spacial score (nSPS) is 10.4. The highest BCUT2D eigenvalue weighted by Gasteiger charge is 2.26. The van der Waals surface area contributed by atoms with Crippen LogP contribution in [0.5, 0.6) is 0 Å². The second kappa shape index (κ2) is 4.61. The summed E-state index contributed by atoms with van der Waals surface area (Å²) in [5.41, 5.74) is 3.33. The number of Topliss-reactive ketones (excluding diaryl/α,β-unsaturated/α-hetero) is 1. The molecule has 18 heavy (non-hydrogen) atoms. The fourth-order valence-electron chi connectivity index (χ4n) is 2.33. The summed E-state index contributed by atoms with van der Waals surface area (Å²) >= 11 is 0. The Kier molecular flexibility index (Phi) is 3.15. The zero-order chi connectivity index (χ0) is 13.3. The molecule has 0 aliphatic heterocycles. The number of methoxy groups -OCH3 is 1. The van der Waals surface area contributed by atoms with E-state index in [9.17, 15) is 9.59 Å². The maximum atomic E-state index is 11.9. The van der Waals surface area contributed by atoms with E-state index in [1.54, 1.807) is 6.92 Å². The number of esters is 1. The van der Waals surface area contributed by atoms with Gasteiger partial charge in [-0.05, 0) is 30.5 Å². The van der Waals surface area contributed by atoms with Gasteiger partial charge in [0, 0.05) is 5.56 Å². The van der Waals surface area contributed by atoms with E-state index in [4.69, 9.17) is 4.74 Å². The van der Waals surface area contributed by atoms with Crippen molar-refractivity contribution in [3.05, 3.63) is 47.0 Å². The van der Waals surface area contributed by atoms with Crippen LogP contribution in [0.3, 0.4) is 0 Å². The highest BCUT2D eigenvalue weighted by molar-refractivity contribution is 6.11. The molecule has 0 N–H and O–H groups in total. The summed E-state index contributed by atoms with van der Waals surface area (Å²) in [5, 5.41) is 0. The second-order valence-electron chi connectivity index (χ2n) is 4.16. The summed E-state index contributed by atoms with van der Waals surface area (Å²) in [6.07, 6.45) is 0. The Morgan fingerprint density at radius 2 is 1.56 bits per heavy atom. The van der Waals surface area contributed by atoms with Gasteiger partial charge in [0.2, 0.25) is 0 Å². The van der Waals surface area contributed by atoms with Crippen LogP contribution in [0.15, 0.2) is 30.3 Å². The van der Waals surface area contributed by atoms with Crippen molar-refractivity contribution in [2.75, 3.05) is 7.11 Å². The highest BCUT2D eigenvalue weighted by Crippen LogP contribution is 2.36. The lowest BCUT2D eigenvalue weighted by Crippen LogP contribution is -2.03. The number of carbonyl (C=O) groups is 2. The van der Waals surface area contributed by atoms with Gasteiger partial charge in [0.15, 0.2) is 5.78 Å². The van der Waals surface area contributed by atoms with Crippen LogP contribution in [0.25, 0.3) is 11.1 Å². The van der Waals surface area contributed by atoms with Gasteiger partial charge in [0.25, 0.3) is 0 Å². The fourth-order valence-corrected chi connectivity index (χ4v) is 2.33. The van der Waals surface area contributed by atoms with Crippen LogP contribution in [0.4, 0.5) is 0 Å². The molecule has 0 spiro atoms. The lowest BCUT2D eigenvalue weighted by molar-refractivity contribution is 0.0601. The van der Waals surface area contributed by atoms with Crippen molar-refractivity contribution in [2.24, 2.45) is 0 Å². The number of hydrogen-bond acceptors (Lipinski definition) is 3. The summed E-state index contributed by atoms with van der Waals surface area (Å²) < 4.78 is 4.80. The minimum Gasteiger partial charge on any atom is -0.465 e. The predicted molar refractivity (Wildman–Crippen MR) is 69.1 cm³/mol. The SMILES string of the molecule is COC(=O)c1c2cccccc-2c(C(C)=O)c1C. The molecule has 3 nitrogen and oxygen atoms in total. The van der Waals surface area contributed by atoms with Gasteiger partial charge in [0.1, 0.15) is 0 Å². The van der Waals surface area contributed by atoms with Crippen molar-refractivity contribution in [1.82, 2.24) is 0 Å². The number of carbonyl (C=O) groups excluding carboxylic acids is 2. The molecule has 2 aliphatic rings. The Bertz CT molecular complexity index is 599. The second-order valence-corrected chi connectivity index (χ2v) is 4.16. The van der Waals surface area contributed by atoms with Crippen LogP contribution in [0, 0.1) is 6.92 Å². The Labute approximate surface area is 106 Å². The van der Waals surface area contributed by atoms with Crippen molar-refractivity contribution < 1.29 is 14.3 Å². The molecule has 0 unspecified atom stereocenters. The summed E-state index contributed by atoms with van der Waals surface area (Å²) in [4.78, 5) is 23.6. The monoisotopic (exact) mass is 242 g/mol. The van der Waals surface area contributed by atoms with Gasteiger partial charge in [-0.25, -0.2) is 4.79 Å². The van der Waals surface area contributed by atoms with Crippen LogP contribution in [-0.2, 0) is 4.74 Å². The van der Waals surface area contributed by atoms with E-state index in [0.29, 0.717) is 16.7 Å². The minimum absolute atomic E-state index is 0.0427. The molecule has 3 heteroatoms. The van der Waals surface area contributed by atoms with E-state index in [2.05, 4.69) is 0 Å². The van der Waals surface area contributed by atoms with Crippen molar-refractivity contribution in [1.29, 1.82) is 0 Å². The van der Waals surface area contributed by atoms with Crippen molar-refractivity contribution in [3.8, 4) is 11.1 Å². The predicted octanol–water partition coefficient (Wildman–Crippen LogP) is 3.09. The third-order valence-electron chi connectivity index (χ3n) is 3.07. The van der Waals surface area contributed by atoms with E-state index in [0.717, 1.165) is 11.1 Å². The molecule has 0 bridgehead atoms. The van der Waals surface area contributed by atoms with Gasteiger partial charge >= 0.3 is 5.97 Å². The first-order chi connectivity index (χ1) is 8.57. The first-order valence-corrected chi connectivity index (χ1v) is 5.68. The largest absolute Gasteiger partial charge is 0.465 e. The lowest BCUT2D eigenvalue weighted by atomic mass is 10.1. The smallest absolute Gasteiger partial charge is 0.338 e. The summed E-state index contributed by atoms with van der Waals surface area (Å²) in [6, 6.07) is 9.25. The van der Waals surface area contributed by atoms with Crippen LogP contribution < -0.4 is 0 Å². The molecule has 0 atom stereocenters. The first-order valence-electron chi connectivity index (χ1n) is 5.68. The zero-order valence-electron chi connectivity index (χ0n) is 10.6. The molecule has 0 saturated carbocycles. The zero-order valence-corrected chi connectivity index (χ0v) is 10.6. The molecule has 0 fully saturated rings. The third kappa shape index (κ3) is 1.78. The van der Waals surface area contributed by atoms with Gasteiger partial charge in [-0.3, -0.25) is 4.79 Å². The average molecular weight is 242 g/mol. The van der Waals surface area contributed by atoms with Gasteiger partial charge < -0.3 is 4.74 Å². The average Bonchev–Trinajstić information content (AvgIpc) is 2.50. The van der Waals surface area contributed by atoms with Crippen molar-refractivity contribution in [3.63, 3.8) is 0 Å². The quantitative estimate of drug-likeness (QED) is 0.600. The molecule has 0 amide bonds. The molecule has 92 valence electrons. The van der Waals surface area contributed by atoms with E-state index < -0.39 is 5.97 Å². The van der Waals surface area contributed by atoms with Gasteiger partial charge in [-0.2, -0.15) is 0 Å². The summed E-state index contributed by atoms with van der Waals surface area (Å²) in [7, 11) is 1.34. The Morgan fingerprint density at radius 1 is 1.00 bits per heavy atom. The topological polar surface area (TPSA) is 43.4 Å². The maximum absolute atomic E-state index is 11.9. The molecule has 0 saturated heterocycles. The minimum atomic E-state index is -0.406. The molecule has 2 rings (SSSR count). The van der Waals surface area contributed by atoms with E-state index >= 15 is 0 Å². The number of fused-ring (bicyclic) bond motifs is 1. The van der Waals surface area contributed by atoms with E-state index in [1.807, 2.05) is 30.3 Å². The molecule has 2 aliphatic carbocycles. The lowest BCUT2D eigenvalue weighted by Gasteiger charge is -2.00. The van der Waals surface area contributed by atoms with Gasteiger partial charge in [-0.1, -0.05) is 30.3 Å². The van der Waals surface area contributed by atoms with Crippen LogP contribution in [0.1, 0.15) is 33.2 Å². The van der Waals surface area contributed by atoms with Crippen molar-refractivity contribution >= 4 is 11.8 Å². The summed E-state index contributed by atoms with van der Waals surface area (Å²) in [6.45, 7) is 3.29. The van der Waals surface area contributed by atoms with Crippen LogP contribution in [0.2, 0.25) is 0 Å². The number of rotatable bonds is 2. The van der Waals surface area contributed by atoms with E-state index in [1.165, 1.54) is 14.0 Å². The molecular weight excluding hydrogens is 228 g/mol. The number of ether oxygens (including phenoxy) is 1. The number of hydrogen-bond donors (Lipinski definition) is 0. The highest BCUT2D eigenvalue weighted by atomic mass is 16.5. The first kappa shape index (κ1) is 12.3. The van der Waals surface area contributed by atoms with E-state index in [-0.39, 0.29) is 5.78 Å². The molecule has 0 aromatic heterocycles. The van der Waals surface area contributed by atoms with Crippen LogP contribution in [-0.4, -0.2) is 18.9 Å².